The molecule has 118 valence electrons. The molecule has 5 heteroatoms. The summed E-state index contributed by atoms with van der Waals surface area (Å²) in [4.78, 5) is 25.0. The molecule has 1 heterocycles. The molecule has 1 atom stereocenters. The highest BCUT2D eigenvalue weighted by atomic mass is 32.2. The van der Waals surface area contributed by atoms with Gasteiger partial charge >= 0.3 is 0 Å². The number of benzene rings is 2. The maximum atomic E-state index is 12.2. The molecule has 2 N–H and O–H groups in total. The first-order chi connectivity index (χ1) is 11.0. The number of hydrogen-bond acceptors (Lipinski definition) is 3. The van der Waals surface area contributed by atoms with Crippen molar-refractivity contribution in [3.63, 3.8) is 0 Å². The van der Waals surface area contributed by atoms with E-state index in [1.807, 2.05) is 56.3 Å². The summed E-state index contributed by atoms with van der Waals surface area (Å²) < 4.78 is 0. The summed E-state index contributed by atoms with van der Waals surface area (Å²) in [6.45, 7) is 3.84. The third kappa shape index (κ3) is 3.56. The van der Waals surface area contributed by atoms with Gasteiger partial charge in [0.1, 0.15) is 0 Å². The van der Waals surface area contributed by atoms with E-state index in [9.17, 15) is 9.59 Å². The lowest BCUT2D eigenvalue weighted by Gasteiger charge is -2.21. The van der Waals surface area contributed by atoms with Gasteiger partial charge in [0.2, 0.25) is 11.8 Å². The molecule has 0 spiro atoms. The van der Waals surface area contributed by atoms with E-state index < -0.39 is 0 Å². The van der Waals surface area contributed by atoms with Gasteiger partial charge in [0.15, 0.2) is 0 Å². The van der Waals surface area contributed by atoms with Gasteiger partial charge in [-0.25, -0.2) is 0 Å². The number of thioether (sulfide) groups is 1. The van der Waals surface area contributed by atoms with Crippen molar-refractivity contribution in [2.24, 2.45) is 0 Å². The molecular formula is C18H18N2O2S. The SMILES string of the molecule is Cc1ccccc1NC(=O)Cc1ccc2c(c1)NC(=O)C(C)S2. The zero-order valence-corrected chi connectivity index (χ0v) is 13.9. The first kappa shape index (κ1) is 15.6. The Morgan fingerprint density at radius 1 is 1.26 bits per heavy atom. The van der Waals surface area contributed by atoms with E-state index in [1.54, 1.807) is 0 Å². The van der Waals surface area contributed by atoms with Gasteiger partial charge in [-0.3, -0.25) is 9.59 Å². The standard InChI is InChI=1S/C18H18N2O2S/c1-11-5-3-4-6-14(11)19-17(21)10-13-7-8-16-15(9-13)20-18(22)12(2)23-16/h3-9,12H,10H2,1-2H3,(H,19,21)(H,20,22). The average Bonchev–Trinajstić information content (AvgIpc) is 2.51. The van der Waals surface area contributed by atoms with Crippen LogP contribution >= 0.6 is 11.8 Å². The number of fused-ring (bicyclic) bond motifs is 1. The highest BCUT2D eigenvalue weighted by Gasteiger charge is 2.23. The molecule has 1 unspecified atom stereocenters. The summed E-state index contributed by atoms with van der Waals surface area (Å²) >= 11 is 1.54. The molecule has 0 saturated heterocycles. The second kappa shape index (κ2) is 6.46. The molecule has 4 nitrogen and oxygen atoms in total. The predicted octanol–water partition coefficient (Wildman–Crippen LogP) is 3.61. The Morgan fingerprint density at radius 2 is 2.04 bits per heavy atom. The lowest BCUT2D eigenvalue weighted by Crippen LogP contribution is -2.26. The minimum absolute atomic E-state index is 0.00371. The molecule has 0 aromatic heterocycles. The number of carbonyl (C=O) groups is 2. The van der Waals surface area contributed by atoms with Crippen molar-refractivity contribution < 1.29 is 9.59 Å². The molecule has 0 bridgehead atoms. The van der Waals surface area contributed by atoms with Gasteiger partial charge in [-0.15, -0.1) is 11.8 Å². The van der Waals surface area contributed by atoms with Crippen LogP contribution in [0, 0.1) is 6.92 Å². The number of para-hydroxylation sites is 1. The van der Waals surface area contributed by atoms with Crippen LogP contribution in [0.5, 0.6) is 0 Å². The largest absolute Gasteiger partial charge is 0.326 e. The van der Waals surface area contributed by atoms with Crippen molar-refractivity contribution in [3.8, 4) is 0 Å². The maximum absolute atomic E-state index is 12.2. The van der Waals surface area contributed by atoms with Crippen LogP contribution in [0.2, 0.25) is 0 Å². The van der Waals surface area contributed by atoms with E-state index in [0.717, 1.165) is 27.4 Å². The van der Waals surface area contributed by atoms with Crippen LogP contribution in [-0.2, 0) is 16.0 Å². The summed E-state index contributed by atoms with van der Waals surface area (Å²) in [5.41, 5.74) is 3.53. The molecule has 1 aliphatic heterocycles. The highest BCUT2D eigenvalue weighted by Crippen LogP contribution is 2.36. The minimum atomic E-state index is -0.0855. The third-order valence-electron chi connectivity index (χ3n) is 3.76. The number of carbonyl (C=O) groups excluding carboxylic acids is 2. The van der Waals surface area contributed by atoms with E-state index in [4.69, 9.17) is 0 Å². The topological polar surface area (TPSA) is 58.2 Å². The van der Waals surface area contributed by atoms with Crippen LogP contribution in [0.25, 0.3) is 0 Å². The summed E-state index contributed by atoms with van der Waals surface area (Å²) in [7, 11) is 0. The van der Waals surface area contributed by atoms with E-state index in [-0.39, 0.29) is 23.5 Å². The highest BCUT2D eigenvalue weighted by molar-refractivity contribution is 8.00. The molecule has 23 heavy (non-hydrogen) atoms. The Balaban J connectivity index is 1.71. The van der Waals surface area contributed by atoms with Crippen LogP contribution in [-0.4, -0.2) is 17.1 Å². The van der Waals surface area contributed by atoms with Crippen molar-refractivity contribution >= 4 is 35.0 Å². The van der Waals surface area contributed by atoms with Gasteiger partial charge in [0.05, 0.1) is 17.4 Å². The van der Waals surface area contributed by atoms with Crippen molar-refractivity contribution in [3.05, 3.63) is 53.6 Å². The number of anilines is 2. The molecule has 2 aromatic rings. The minimum Gasteiger partial charge on any atom is -0.326 e. The second-order valence-electron chi connectivity index (χ2n) is 5.62. The number of nitrogens with one attached hydrogen (secondary N) is 2. The van der Waals surface area contributed by atoms with Gasteiger partial charge in [-0.1, -0.05) is 24.3 Å². The van der Waals surface area contributed by atoms with Crippen LogP contribution in [0.3, 0.4) is 0 Å². The number of amides is 2. The Labute approximate surface area is 139 Å². The van der Waals surface area contributed by atoms with E-state index >= 15 is 0 Å². The van der Waals surface area contributed by atoms with Gasteiger partial charge in [-0.2, -0.15) is 0 Å². The fourth-order valence-electron chi connectivity index (χ4n) is 2.46. The molecule has 2 aromatic carbocycles. The molecule has 0 aliphatic carbocycles. The van der Waals surface area contributed by atoms with E-state index in [2.05, 4.69) is 10.6 Å². The first-order valence-corrected chi connectivity index (χ1v) is 8.37. The Morgan fingerprint density at radius 3 is 2.83 bits per heavy atom. The smallest absolute Gasteiger partial charge is 0.237 e. The quantitative estimate of drug-likeness (QED) is 0.906. The van der Waals surface area contributed by atoms with E-state index in [1.165, 1.54) is 11.8 Å². The molecule has 0 saturated carbocycles. The zero-order chi connectivity index (χ0) is 16.4. The van der Waals surface area contributed by atoms with E-state index in [0.29, 0.717) is 0 Å². The maximum Gasteiger partial charge on any atom is 0.237 e. The Hall–Kier alpha value is -2.27. The van der Waals surface area contributed by atoms with Crippen LogP contribution in [0.1, 0.15) is 18.1 Å². The fourth-order valence-corrected chi connectivity index (χ4v) is 3.39. The zero-order valence-electron chi connectivity index (χ0n) is 13.1. The third-order valence-corrected chi connectivity index (χ3v) is 4.94. The monoisotopic (exact) mass is 326 g/mol. The molecular weight excluding hydrogens is 308 g/mol. The van der Waals surface area contributed by atoms with Gasteiger partial charge in [0.25, 0.3) is 0 Å². The Bertz CT molecular complexity index is 773. The summed E-state index contributed by atoms with van der Waals surface area (Å²) in [5, 5.41) is 5.73. The summed E-state index contributed by atoms with van der Waals surface area (Å²) in [6.07, 6.45) is 0.276. The van der Waals surface area contributed by atoms with Crippen molar-refractivity contribution in [2.75, 3.05) is 10.6 Å². The molecule has 0 radical (unpaired) electrons. The number of aryl methyl sites for hydroxylation is 1. The lowest BCUT2D eigenvalue weighted by atomic mass is 10.1. The fraction of sp³-hybridized carbons (Fsp3) is 0.222. The molecule has 0 fully saturated rings. The molecule has 2 amide bonds. The predicted molar refractivity (Wildman–Crippen MR) is 93.9 cm³/mol. The number of hydrogen-bond donors (Lipinski definition) is 2. The van der Waals surface area contributed by atoms with Gasteiger partial charge < -0.3 is 10.6 Å². The summed E-state index contributed by atoms with van der Waals surface area (Å²) in [5.74, 6) is -0.0635. The number of rotatable bonds is 3. The van der Waals surface area contributed by atoms with Crippen molar-refractivity contribution in [1.82, 2.24) is 0 Å². The van der Waals surface area contributed by atoms with Crippen LogP contribution in [0.4, 0.5) is 11.4 Å². The summed E-state index contributed by atoms with van der Waals surface area (Å²) in [6, 6.07) is 13.5. The first-order valence-electron chi connectivity index (χ1n) is 7.49. The van der Waals surface area contributed by atoms with Gasteiger partial charge in [-0.05, 0) is 43.2 Å². The average molecular weight is 326 g/mol. The van der Waals surface area contributed by atoms with Gasteiger partial charge in [0, 0.05) is 10.6 Å². The molecule has 3 rings (SSSR count). The lowest BCUT2D eigenvalue weighted by molar-refractivity contribution is -0.116. The Kier molecular flexibility index (Phi) is 4.39. The normalized spacial score (nSPS) is 16.4. The molecule has 1 aliphatic rings. The second-order valence-corrected chi connectivity index (χ2v) is 7.00. The van der Waals surface area contributed by atoms with Crippen molar-refractivity contribution in [2.45, 2.75) is 30.4 Å². The van der Waals surface area contributed by atoms with Crippen LogP contribution in [0.15, 0.2) is 47.4 Å². The van der Waals surface area contributed by atoms with Crippen molar-refractivity contribution in [1.29, 1.82) is 0 Å². The van der Waals surface area contributed by atoms with Crippen LogP contribution < -0.4 is 10.6 Å².